The van der Waals surface area contributed by atoms with Crippen LogP contribution in [-0.4, -0.2) is 11.9 Å². The predicted molar refractivity (Wildman–Crippen MR) is 183 cm³/mol. The average molecular weight is 551 g/mol. The van der Waals surface area contributed by atoms with Crippen molar-refractivity contribution in [3.05, 3.63) is 82.9 Å². The minimum atomic E-state index is 0.847. The van der Waals surface area contributed by atoms with Crippen molar-refractivity contribution in [3.8, 4) is 11.1 Å². The smallest absolute Gasteiger partial charge is 0.0642 e. The van der Waals surface area contributed by atoms with Crippen molar-refractivity contribution in [1.82, 2.24) is 0 Å². The number of nitrogens with zero attached hydrogens (tertiary/aromatic N) is 2. The second kappa shape index (κ2) is 18.4. The molecule has 0 fully saturated rings. The van der Waals surface area contributed by atoms with Gasteiger partial charge in [0.1, 0.15) is 0 Å². The zero-order chi connectivity index (χ0) is 29.3. The van der Waals surface area contributed by atoms with Crippen molar-refractivity contribution in [2.24, 2.45) is 9.98 Å². The van der Waals surface area contributed by atoms with E-state index in [2.05, 4.69) is 95.3 Å². The molecule has 0 saturated carbocycles. The summed E-state index contributed by atoms with van der Waals surface area (Å²) in [5, 5.41) is 0. The molecule has 41 heavy (non-hydrogen) atoms. The molecule has 0 bridgehead atoms. The van der Waals surface area contributed by atoms with Gasteiger partial charge in [0.2, 0.25) is 0 Å². The van der Waals surface area contributed by atoms with Gasteiger partial charge in [-0.1, -0.05) is 109 Å². The fourth-order valence-electron chi connectivity index (χ4n) is 5.59. The van der Waals surface area contributed by atoms with Crippen LogP contribution < -0.4 is 0 Å². The lowest BCUT2D eigenvalue weighted by Gasteiger charge is -2.15. The van der Waals surface area contributed by atoms with Crippen molar-refractivity contribution < 1.29 is 0 Å². The van der Waals surface area contributed by atoms with Crippen molar-refractivity contribution in [2.75, 3.05) is 0 Å². The van der Waals surface area contributed by atoms with Gasteiger partial charge in [-0.05, 0) is 110 Å². The van der Waals surface area contributed by atoms with E-state index in [1.165, 1.54) is 104 Å². The molecule has 2 nitrogen and oxygen atoms in total. The van der Waals surface area contributed by atoms with Crippen molar-refractivity contribution >= 4 is 23.3 Å². The highest BCUT2D eigenvalue weighted by Gasteiger charge is 2.11. The molecule has 0 N–H and O–H groups in total. The number of hydrogen-bond donors (Lipinski definition) is 0. The molecule has 0 unspecified atom stereocenters. The minimum absolute atomic E-state index is 0.847. The molecule has 0 aromatic heterocycles. The number of hydrogen-bond acceptors (Lipinski definition) is 2. The predicted octanol–water partition coefficient (Wildman–Crippen LogP) is 12.1. The van der Waals surface area contributed by atoms with Crippen LogP contribution in [0, 0.1) is 6.92 Å². The standard InChI is InChI=1S/C39H54N2/c1-6-10-13-16-21-32-25-26-36(28-34(32)20-12-8-3)40-30-35(9-4)41-37-27-31(5)38(24-19-14-11-7-2)39(29-37)33-22-17-15-18-23-33/h15,17-18,22-23,25-30H,6-14,16,19-21,24H2,1-5H3. The van der Waals surface area contributed by atoms with Crippen LogP contribution in [0.15, 0.2) is 70.6 Å². The second-order valence-electron chi connectivity index (χ2n) is 11.5. The molecule has 0 heterocycles. The van der Waals surface area contributed by atoms with Crippen LogP contribution in [0.3, 0.4) is 0 Å². The fraction of sp³-hybridized carbons (Fsp3) is 0.487. The van der Waals surface area contributed by atoms with Crippen LogP contribution in [0.2, 0.25) is 0 Å². The first-order valence-electron chi connectivity index (χ1n) is 16.5. The number of aryl methyl sites for hydroxylation is 3. The summed E-state index contributed by atoms with van der Waals surface area (Å²) in [6.45, 7) is 11.3. The Bertz CT molecular complexity index is 1240. The third kappa shape index (κ3) is 10.7. The maximum absolute atomic E-state index is 5.10. The molecule has 0 aliphatic carbocycles. The highest BCUT2D eigenvalue weighted by molar-refractivity contribution is 6.31. The first kappa shape index (κ1) is 32.5. The molecule has 3 rings (SSSR count). The Morgan fingerprint density at radius 1 is 0.634 bits per heavy atom. The zero-order valence-electron chi connectivity index (χ0n) is 26.6. The van der Waals surface area contributed by atoms with E-state index >= 15 is 0 Å². The van der Waals surface area contributed by atoms with Crippen LogP contribution in [0.5, 0.6) is 0 Å². The molecule has 0 radical (unpaired) electrons. The van der Waals surface area contributed by atoms with E-state index < -0.39 is 0 Å². The summed E-state index contributed by atoms with van der Waals surface area (Å²) in [5.41, 5.74) is 11.5. The summed E-state index contributed by atoms with van der Waals surface area (Å²) in [7, 11) is 0. The van der Waals surface area contributed by atoms with Crippen molar-refractivity contribution in [3.63, 3.8) is 0 Å². The second-order valence-corrected chi connectivity index (χ2v) is 11.5. The average Bonchev–Trinajstić information content (AvgIpc) is 3.00. The highest BCUT2D eigenvalue weighted by Crippen LogP contribution is 2.33. The van der Waals surface area contributed by atoms with Crippen LogP contribution >= 0.6 is 0 Å². The van der Waals surface area contributed by atoms with Gasteiger partial charge in [-0.2, -0.15) is 0 Å². The highest BCUT2D eigenvalue weighted by atomic mass is 14.8. The lowest BCUT2D eigenvalue weighted by Crippen LogP contribution is -1.99. The van der Waals surface area contributed by atoms with Crippen LogP contribution in [0.4, 0.5) is 11.4 Å². The van der Waals surface area contributed by atoms with Gasteiger partial charge in [-0.25, -0.2) is 0 Å². The molecule has 0 amide bonds. The molecule has 2 heteroatoms. The molecule has 0 saturated heterocycles. The largest absolute Gasteiger partial charge is 0.255 e. The van der Waals surface area contributed by atoms with E-state index in [4.69, 9.17) is 9.98 Å². The van der Waals surface area contributed by atoms with Crippen LogP contribution in [0.1, 0.15) is 121 Å². The fourth-order valence-corrected chi connectivity index (χ4v) is 5.59. The zero-order valence-corrected chi connectivity index (χ0v) is 26.6. The first-order valence-corrected chi connectivity index (χ1v) is 16.5. The summed E-state index contributed by atoms with van der Waals surface area (Å²) < 4.78 is 0. The van der Waals surface area contributed by atoms with Gasteiger partial charge < -0.3 is 0 Å². The summed E-state index contributed by atoms with van der Waals surface area (Å²) in [6, 6.07) is 22.2. The van der Waals surface area contributed by atoms with Gasteiger partial charge in [0.15, 0.2) is 0 Å². The van der Waals surface area contributed by atoms with E-state index in [0.29, 0.717) is 0 Å². The molecule has 0 aliphatic rings. The van der Waals surface area contributed by atoms with Crippen molar-refractivity contribution in [2.45, 2.75) is 125 Å². The normalized spacial score (nSPS) is 12.0. The maximum Gasteiger partial charge on any atom is 0.0642 e. The molecular weight excluding hydrogens is 496 g/mol. The third-order valence-electron chi connectivity index (χ3n) is 8.11. The van der Waals surface area contributed by atoms with Gasteiger partial charge in [-0.15, -0.1) is 0 Å². The quantitative estimate of drug-likeness (QED) is 0.111. The summed E-state index contributed by atoms with van der Waals surface area (Å²) in [5.74, 6) is 0. The first-order chi connectivity index (χ1) is 20.1. The SMILES string of the molecule is CCCCCCc1ccc(N=CC(CC)=Nc2cc(C)c(CCCCCC)c(-c3ccccc3)c2)cc1CCCC. The van der Waals surface area contributed by atoms with E-state index in [1.807, 2.05) is 6.21 Å². The van der Waals surface area contributed by atoms with E-state index in [1.54, 1.807) is 0 Å². The maximum atomic E-state index is 5.10. The molecule has 0 spiro atoms. The molecule has 220 valence electrons. The van der Waals surface area contributed by atoms with E-state index in [9.17, 15) is 0 Å². The van der Waals surface area contributed by atoms with Gasteiger partial charge in [0.05, 0.1) is 17.1 Å². The Kier molecular flexibility index (Phi) is 14.6. The third-order valence-corrected chi connectivity index (χ3v) is 8.11. The number of benzene rings is 3. The number of unbranched alkanes of at least 4 members (excludes halogenated alkanes) is 7. The monoisotopic (exact) mass is 550 g/mol. The lowest BCUT2D eigenvalue weighted by molar-refractivity contribution is 0.662. The summed E-state index contributed by atoms with van der Waals surface area (Å²) >= 11 is 0. The van der Waals surface area contributed by atoms with E-state index in [-0.39, 0.29) is 0 Å². The molecule has 0 aliphatic heterocycles. The Balaban J connectivity index is 1.86. The lowest BCUT2D eigenvalue weighted by atomic mass is 9.91. The number of aliphatic imine (C=N–C) groups is 2. The van der Waals surface area contributed by atoms with Gasteiger partial charge in [0.25, 0.3) is 0 Å². The Morgan fingerprint density at radius 3 is 2.00 bits per heavy atom. The van der Waals surface area contributed by atoms with E-state index in [0.717, 1.165) is 36.3 Å². The molecule has 3 aromatic carbocycles. The Hall–Kier alpha value is -3.00. The van der Waals surface area contributed by atoms with Gasteiger partial charge >= 0.3 is 0 Å². The van der Waals surface area contributed by atoms with Gasteiger partial charge in [0, 0.05) is 6.21 Å². The van der Waals surface area contributed by atoms with Crippen LogP contribution in [-0.2, 0) is 19.3 Å². The number of rotatable bonds is 18. The molecular formula is C39H54N2. The topological polar surface area (TPSA) is 24.7 Å². The van der Waals surface area contributed by atoms with Gasteiger partial charge in [-0.3, -0.25) is 9.98 Å². The molecule has 0 atom stereocenters. The summed E-state index contributed by atoms with van der Waals surface area (Å²) in [6.07, 6.45) is 19.1. The summed E-state index contributed by atoms with van der Waals surface area (Å²) in [4.78, 5) is 10.0. The Morgan fingerprint density at radius 2 is 1.32 bits per heavy atom. The Labute approximate surface area is 251 Å². The van der Waals surface area contributed by atoms with Crippen molar-refractivity contribution in [1.29, 1.82) is 0 Å². The molecule has 3 aromatic rings. The minimum Gasteiger partial charge on any atom is -0.255 e. The van der Waals surface area contributed by atoms with Crippen LogP contribution in [0.25, 0.3) is 11.1 Å².